The zero-order valence-corrected chi connectivity index (χ0v) is 12.2. The molecule has 126 valence electrons. The second-order valence-corrected chi connectivity index (χ2v) is 4.74. The summed E-state index contributed by atoms with van der Waals surface area (Å²) in [4.78, 5) is 4.31. The van der Waals surface area contributed by atoms with Gasteiger partial charge in [0, 0.05) is 12.6 Å². The smallest absolute Gasteiger partial charge is 0.406 e. The van der Waals surface area contributed by atoms with Gasteiger partial charge in [0.2, 0.25) is 0 Å². The Kier molecular flexibility index (Phi) is 4.21. The van der Waals surface area contributed by atoms with Crippen molar-refractivity contribution in [1.29, 1.82) is 0 Å². The lowest BCUT2D eigenvalue weighted by molar-refractivity contribution is -0.274. The minimum absolute atomic E-state index is 0.0615. The molecule has 2 N–H and O–H groups in total. The van der Waals surface area contributed by atoms with Crippen LogP contribution < -0.4 is 10.1 Å². The summed E-state index contributed by atoms with van der Waals surface area (Å²) in [6.45, 7) is 0.253. The van der Waals surface area contributed by atoms with Crippen molar-refractivity contribution < 1.29 is 23.0 Å². The summed E-state index contributed by atoms with van der Waals surface area (Å²) in [6, 6.07) is 8.70. The molecular weight excluding hydrogens is 327 g/mol. The minimum Gasteiger partial charge on any atom is -0.406 e. The van der Waals surface area contributed by atoms with E-state index in [-0.39, 0.29) is 12.4 Å². The minimum atomic E-state index is -4.78. The van der Waals surface area contributed by atoms with E-state index in [0.29, 0.717) is 29.2 Å². The van der Waals surface area contributed by atoms with Crippen molar-refractivity contribution in [3.63, 3.8) is 0 Å². The summed E-state index contributed by atoms with van der Waals surface area (Å²) < 4.78 is 42.2. The Balaban J connectivity index is 1.98. The highest BCUT2D eigenvalue weighted by Gasteiger charge is 2.31. The van der Waals surface area contributed by atoms with E-state index in [1.807, 2.05) is 0 Å². The first-order chi connectivity index (χ1) is 11.5. The van der Waals surface area contributed by atoms with Gasteiger partial charge in [-0.15, -0.1) is 18.3 Å². The highest BCUT2D eigenvalue weighted by atomic mass is 19.4. The van der Waals surface area contributed by atoms with Gasteiger partial charge >= 0.3 is 6.36 Å². The third-order valence-electron chi connectivity index (χ3n) is 3.01. The van der Waals surface area contributed by atoms with Gasteiger partial charge < -0.3 is 15.2 Å². The van der Waals surface area contributed by atoms with Gasteiger partial charge in [-0.2, -0.15) is 4.68 Å². The van der Waals surface area contributed by atoms with Gasteiger partial charge in [-0.1, -0.05) is 11.3 Å². The van der Waals surface area contributed by atoms with Crippen LogP contribution >= 0.6 is 0 Å². The summed E-state index contributed by atoms with van der Waals surface area (Å²) in [6.07, 6.45) is -4.78. The number of ether oxygens (including phenoxy) is 1. The van der Waals surface area contributed by atoms with Crippen molar-refractivity contribution in [3.05, 3.63) is 36.4 Å². The molecule has 0 bridgehead atoms. The van der Waals surface area contributed by atoms with Crippen LogP contribution in [-0.2, 0) is 0 Å². The van der Waals surface area contributed by atoms with Gasteiger partial charge in [-0.3, -0.25) is 0 Å². The van der Waals surface area contributed by atoms with Crippen LogP contribution in [0.5, 0.6) is 5.75 Å². The number of aliphatic hydroxyl groups is 1. The van der Waals surface area contributed by atoms with Gasteiger partial charge in [0.05, 0.1) is 12.3 Å². The number of pyridine rings is 1. The largest absolute Gasteiger partial charge is 0.573 e. The number of fused-ring (bicyclic) bond motifs is 1. The number of nitrogens with zero attached hydrogens (tertiary/aromatic N) is 4. The molecule has 0 aliphatic heterocycles. The van der Waals surface area contributed by atoms with Crippen LogP contribution in [0.15, 0.2) is 36.4 Å². The molecule has 7 nitrogen and oxygen atoms in total. The molecule has 0 amide bonds. The molecule has 0 atom stereocenters. The Hall–Kier alpha value is -2.88. The van der Waals surface area contributed by atoms with Crippen LogP contribution in [0.2, 0.25) is 0 Å². The van der Waals surface area contributed by atoms with Crippen LogP contribution in [0.1, 0.15) is 0 Å². The van der Waals surface area contributed by atoms with Gasteiger partial charge in [0.15, 0.2) is 5.65 Å². The summed E-state index contributed by atoms with van der Waals surface area (Å²) in [7, 11) is 0. The van der Waals surface area contributed by atoms with E-state index in [9.17, 15) is 13.2 Å². The van der Waals surface area contributed by atoms with Gasteiger partial charge in [0.25, 0.3) is 0 Å². The summed E-state index contributed by atoms with van der Waals surface area (Å²) in [5, 5.41) is 19.6. The molecule has 0 saturated carbocycles. The zero-order valence-electron chi connectivity index (χ0n) is 12.2. The van der Waals surface area contributed by atoms with Crippen molar-refractivity contribution in [2.75, 3.05) is 18.5 Å². The lowest BCUT2D eigenvalue weighted by Gasteiger charge is -2.10. The first kappa shape index (κ1) is 16.0. The topological polar surface area (TPSA) is 85.1 Å². The molecule has 0 radical (unpaired) electrons. The molecule has 24 heavy (non-hydrogen) atoms. The van der Waals surface area contributed by atoms with Crippen LogP contribution in [0.25, 0.3) is 16.9 Å². The lowest BCUT2D eigenvalue weighted by atomic mass is 10.3. The Morgan fingerprint density at radius 1 is 1.21 bits per heavy atom. The highest BCUT2D eigenvalue weighted by molar-refractivity contribution is 5.74. The third kappa shape index (κ3) is 3.54. The molecule has 3 aromatic rings. The number of benzene rings is 1. The number of hydrogen-bond donors (Lipinski definition) is 2. The van der Waals surface area contributed by atoms with Crippen molar-refractivity contribution in [2.45, 2.75) is 6.36 Å². The molecular formula is C14H12F3N5O2. The standard InChI is InChI=1S/C14H12F3N5O2/c15-14(16,17)24-10-3-1-2-9(8-10)22-13-11(20-21-22)4-5-12(19-13)18-6-7-23/h1-5,8,23H,6-7H2,(H,18,19). The van der Waals surface area contributed by atoms with E-state index < -0.39 is 6.36 Å². The first-order valence-corrected chi connectivity index (χ1v) is 6.90. The van der Waals surface area contributed by atoms with Crippen molar-refractivity contribution >= 4 is 17.0 Å². The average Bonchev–Trinajstić information content (AvgIpc) is 2.94. The van der Waals surface area contributed by atoms with E-state index in [1.54, 1.807) is 18.2 Å². The van der Waals surface area contributed by atoms with E-state index in [2.05, 4.69) is 25.3 Å². The molecule has 2 heterocycles. The number of anilines is 1. The van der Waals surface area contributed by atoms with Crippen molar-refractivity contribution in [3.8, 4) is 11.4 Å². The van der Waals surface area contributed by atoms with Crippen LogP contribution in [0.4, 0.5) is 19.0 Å². The zero-order chi connectivity index (χ0) is 17.2. The average molecular weight is 339 g/mol. The SMILES string of the molecule is OCCNc1ccc2nnn(-c3cccc(OC(F)(F)F)c3)c2n1. The predicted molar refractivity (Wildman–Crippen MR) is 78.9 cm³/mol. The molecule has 0 unspecified atom stereocenters. The second kappa shape index (κ2) is 6.32. The Morgan fingerprint density at radius 2 is 2.04 bits per heavy atom. The third-order valence-corrected chi connectivity index (χ3v) is 3.01. The molecule has 1 aromatic carbocycles. The van der Waals surface area contributed by atoms with E-state index in [4.69, 9.17) is 5.11 Å². The number of nitrogens with one attached hydrogen (secondary N) is 1. The number of halogens is 3. The molecule has 0 aliphatic rings. The maximum absolute atomic E-state index is 12.3. The molecule has 2 aromatic heterocycles. The molecule has 0 spiro atoms. The maximum Gasteiger partial charge on any atom is 0.573 e. The molecule has 0 fully saturated rings. The number of alkyl halides is 3. The number of rotatable bonds is 5. The van der Waals surface area contributed by atoms with E-state index in [0.717, 1.165) is 0 Å². The summed E-state index contributed by atoms with van der Waals surface area (Å²) in [5.41, 5.74) is 1.17. The molecule has 0 saturated heterocycles. The number of aromatic nitrogens is 4. The Bertz CT molecular complexity index is 850. The quantitative estimate of drug-likeness (QED) is 0.741. The van der Waals surface area contributed by atoms with Crippen molar-refractivity contribution in [2.24, 2.45) is 0 Å². The van der Waals surface area contributed by atoms with E-state index in [1.165, 1.54) is 22.9 Å². The normalized spacial score (nSPS) is 11.7. The fourth-order valence-electron chi connectivity index (χ4n) is 2.08. The first-order valence-electron chi connectivity index (χ1n) is 6.90. The van der Waals surface area contributed by atoms with Gasteiger partial charge in [0.1, 0.15) is 17.1 Å². The lowest BCUT2D eigenvalue weighted by Crippen LogP contribution is -2.17. The van der Waals surface area contributed by atoms with Crippen LogP contribution in [0, 0.1) is 0 Å². The predicted octanol–water partition coefficient (Wildman–Crippen LogP) is 2.12. The fourth-order valence-corrected chi connectivity index (χ4v) is 2.08. The Morgan fingerprint density at radius 3 is 2.79 bits per heavy atom. The van der Waals surface area contributed by atoms with Gasteiger partial charge in [-0.05, 0) is 24.3 Å². The second-order valence-electron chi connectivity index (χ2n) is 4.74. The summed E-state index contributed by atoms with van der Waals surface area (Å²) in [5.74, 6) is 0.126. The number of aliphatic hydroxyl groups excluding tert-OH is 1. The maximum atomic E-state index is 12.3. The van der Waals surface area contributed by atoms with Crippen molar-refractivity contribution in [1.82, 2.24) is 20.0 Å². The fraction of sp³-hybridized carbons (Fsp3) is 0.214. The van der Waals surface area contributed by atoms with Crippen LogP contribution in [-0.4, -0.2) is 44.6 Å². The summed E-state index contributed by atoms with van der Waals surface area (Å²) >= 11 is 0. The Labute approximate surface area is 133 Å². The van der Waals surface area contributed by atoms with Gasteiger partial charge in [-0.25, -0.2) is 4.98 Å². The monoisotopic (exact) mass is 339 g/mol. The molecule has 0 aliphatic carbocycles. The highest BCUT2D eigenvalue weighted by Crippen LogP contribution is 2.25. The molecule has 3 rings (SSSR count). The van der Waals surface area contributed by atoms with E-state index >= 15 is 0 Å². The molecule has 10 heteroatoms. The van der Waals surface area contributed by atoms with Crippen LogP contribution in [0.3, 0.4) is 0 Å². The number of hydrogen-bond acceptors (Lipinski definition) is 6.